The van der Waals surface area contributed by atoms with E-state index in [4.69, 9.17) is 29.0 Å². The van der Waals surface area contributed by atoms with E-state index >= 15 is 0 Å². The lowest BCUT2D eigenvalue weighted by molar-refractivity contribution is -0.161. The summed E-state index contributed by atoms with van der Waals surface area (Å²) in [5.74, 6) is -0.609. The molecule has 8 N–H and O–H groups in total. The molecule has 22 heteroatoms. The number of allylic oxidation sites excluding steroid dienone is 8. The van der Waals surface area contributed by atoms with Gasteiger partial charge >= 0.3 is 33.3 Å². The quantitative estimate of drug-likeness (QED) is 0.0105. The molecule has 10 atom stereocenters. The molecule has 81 heavy (non-hydrogen) atoms. The number of aliphatic hydroxyl groups excluding tert-OH is 4. The second-order valence-corrected chi connectivity index (χ2v) is 23.8. The first kappa shape index (κ1) is 73.2. The number of phosphoric ester groups is 2. The van der Waals surface area contributed by atoms with Crippen molar-refractivity contribution in [3.63, 3.8) is 0 Å². The van der Waals surface area contributed by atoms with Gasteiger partial charge in [-0.3, -0.25) is 23.2 Å². The second-order valence-electron chi connectivity index (χ2n) is 20.8. The molecule has 0 radical (unpaired) electrons. The molecule has 0 bridgehead atoms. The Hall–Kier alpha value is -3.88. The van der Waals surface area contributed by atoms with Crippen molar-refractivity contribution in [1.82, 2.24) is 9.55 Å². The Morgan fingerprint density at radius 1 is 0.704 bits per heavy atom. The van der Waals surface area contributed by atoms with Gasteiger partial charge in [0.15, 0.2) is 12.3 Å². The van der Waals surface area contributed by atoms with Crippen molar-refractivity contribution in [1.29, 1.82) is 0 Å². The minimum atomic E-state index is -5.47. The molecule has 1 fully saturated rings. The molecule has 1 aromatic heterocycles. The first-order chi connectivity index (χ1) is 38.9. The molecule has 0 amide bonds. The number of aliphatic hydroxyl groups is 4. The number of hydrogen-bond acceptors (Lipinski definition) is 17. The predicted octanol–water partition coefficient (Wildman–Crippen LogP) is 11.4. The maximum absolute atomic E-state index is 12.9. The highest BCUT2D eigenvalue weighted by molar-refractivity contribution is 7.61. The molecular formula is C59H99N3O17P2. The Morgan fingerprint density at radius 3 is 1.79 bits per heavy atom. The highest BCUT2D eigenvalue weighted by atomic mass is 31.3. The first-order valence-electron chi connectivity index (χ1n) is 29.6. The Bertz CT molecular complexity index is 2200. The topological polar surface area (TPSA) is 306 Å². The van der Waals surface area contributed by atoms with Crippen molar-refractivity contribution in [2.24, 2.45) is 5.92 Å². The van der Waals surface area contributed by atoms with Gasteiger partial charge in [0.1, 0.15) is 30.7 Å². The minimum Gasteiger partial charge on any atom is -0.462 e. The summed E-state index contributed by atoms with van der Waals surface area (Å²) < 4.78 is 56.9. The van der Waals surface area contributed by atoms with Gasteiger partial charge in [-0.2, -0.15) is 9.29 Å². The van der Waals surface area contributed by atoms with Gasteiger partial charge in [0.25, 0.3) is 0 Å². The van der Waals surface area contributed by atoms with E-state index in [0.29, 0.717) is 32.1 Å². The summed E-state index contributed by atoms with van der Waals surface area (Å²) in [5, 5.41) is 41.1. The molecule has 1 saturated heterocycles. The zero-order chi connectivity index (χ0) is 59.6. The van der Waals surface area contributed by atoms with E-state index in [1.165, 1.54) is 102 Å². The molecule has 20 nitrogen and oxygen atoms in total. The van der Waals surface area contributed by atoms with Crippen LogP contribution in [0.2, 0.25) is 0 Å². The lowest BCUT2D eigenvalue weighted by atomic mass is 9.99. The van der Waals surface area contributed by atoms with Crippen LogP contribution in [0.25, 0.3) is 0 Å². The summed E-state index contributed by atoms with van der Waals surface area (Å²) in [6.45, 7) is 4.20. The molecule has 2 rings (SSSR count). The molecule has 0 spiro atoms. The number of carbonyl (C=O) groups excluding carboxylic acids is 2. The molecule has 0 aromatic carbocycles. The summed E-state index contributed by atoms with van der Waals surface area (Å²) in [4.78, 5) is 62.2. The van der Waals surface area contributed by atoms with Gasteiger partial charge in [-0.25, -0.2) is 13.9 Å². The molecule has 0 saturated carbocycles. The number of rotatable bonds is 48. The van der Waals surface area contributed by atoms with Crippen molar-refractivity contribution in [3.05, 3.63) is 95.7 Å². The average molecular weight is 1180 g/mol. The van der Waals surface area contributed by atoms with E-state index in [2.05, 4.69) is 23.1 Å². The normalized spacial score (nSPS) is 20.0. The standard InChI is InChI=1S/C59H99N3O17P2/c1-4-6-29-37-49(63)39-32-27-28-33-40-50(64)38-31-24-21-22-25-34-41-54(65)74-45-51(77-55(66)42-35-26-20-18-16-14-12-10-8-7-9-11-13-15-17-19-23-30-36-48(3)5-2)46-75-80(70,71)79-81(72,73)76-47-52-56(67)57(68)58(78-52)62-44-43-53(60)61-59(62)69/h6,22,24-25,27-29,31-33,39-40,43-44,48-52,56-58,63-64,67-68H,4-5,7-21,23,26,30,34-38,41-42,45-47H2,1-3H3,(H,70,71)(H,72,73)(H2,60,61,69)/b25-22-,28-27-,29-6-,31-24-,39-32+,40-33+/t48?,49-,50+,51-,52-,56-,57-,58-/m1/s1. The summed E-state index contributed by atoms with van der Waals surface area (Å²) in [6, 6.07) is 1.24. The molecular weight excluding hydrogens is 1080 g/mol. The SMILES string of the molecule is CC/C=C\C[C@@H](O)/C=C/C=C\C=C\[C@@H](O)C/C=C\C/C=C\CCC(=O)OC[C@H](COP(=O)(O)OP(=O)(O)OC[C@H]1O[C@@H](n2ccc(N)nc2=O)[C@H](O)[C@@H]1O)OC(=O)CCCCCCCCCCCCCCCCCCCCC(C)CC. The third-order valence-corrected chi connectivity index (χ3v) is 16.1. The van der Waals surface area contributed by atoms with Gasteiger partial charge in [0.2, 0.25) is 0 Å². The van der Waals surface area contributed by atoms with Crippen molar-refractivity contribution < 1.29 is 76.5 Å². The number of nitrogens with two attached hydrogens (primary N) is 1. The maximum atomic E-state index is 12.9. The fourth-order valence-corrected chi connectivity index (χ4v) is 10.7. The van der Waals surface area contributed by atoms with E-state index < -0.39 is 95.9 Å². The van der Waals surface area contributed by atoms with Crippen LogP contribution in [-0.2, 0) is 46.3 Å². The molecule has 2 heterocycles. The van der Waals surface area contributed by atoms with Crippen LogP contribution in [0.3, 0.4) is 0 Å². The zero-order valence-electron chi connectivity index (χ0n) is 48.5. The molecule has 1 aromatic rings. The van der Waals surface area contributed by atoms with Gasteiger partial charge in [-0.1, -0.05) is 216 Å². The molecule has 3 unspecified atom stereocenters. The number of aromatic nitrogens is 2. The Labute approximate surface area is 481 Å². The highest BCUT2D eigenvalue weighted by Crippen LogP contribution is 2.60. The number of hydrogen-bond donors (Lipinski definition) is 7. The van der Waals surface area contributed by atoms with Gasteiger partial charge < -0.3 is 50.2 Å². The smallest absolute Gasteiger partial charge is 0.462 e. The van der Waals surface area contributed by atoms with Gasteiger partial charge in [-0.05, 0) is 50.5 Å². The molecule has 1 aliphatic rings. The minimum absolute atomic E-state index is 0.0121. The molecule has 0 aliphatic carbocycles. The van der Waals surface area contributed by atoms with Gasteiger partial charge in [0, 0.05) is 19.0 Å². The number of nitrogens with zero attached hydrogens (tertiary/aromatic N) is 2. The van der Waals surface area contributed by atoms with E-state index in [1.807, 2.05) is 37.3 Å². The van der Waals surface area contributed by atoms with Crippen LogP contribution in [-0.4, -0.2) is 108 Å². The fourth-order valence-electron chi connectivity index (χ4n) is 8.55. The Morgan fingerprint density at radius 2 is 1.23 bits per heavy atom. The summed E-state index contributed by atoms with van der Waals surface area (Å²) in [7, 11) is -10.9. The van der Waals surface area contributed by atoms with Crippen molar-refractivity contribution in [2.45, 2.75) is 237 Å². The second kappa shape index (κ2) is 44.6. The first-order valence-corrected chi connectivity index (χ1v) is 32.6. The zero-order valence-corrected chi connectivity index (χ0v) is 50.2. The lowest BCUT2D eigenvalue weighted by Crippen LogP contribution is -2.36. The van der Waals surface area contributed by atoms with Crippen LogP contribution in [0.4, 0.5) is 5.82 Å². The summed E-state index contributed by atoms with van der Waals surface area (Å²) >= 11 is 0. The third-order valence-electron chi connectivity index (χ3n) is 13.5. The van der Waals surface area contributed by atoms with E-state index in [-0.39, 0.29) is 18.7 Å². The van der Waals surface area contributed by atoms with Crippen LogP contribution in [0.5, 0.6) is 0 Å². The monoisotopic (exact) mass is 1180 g/mol. The van der Waals surface area contributed by atoms with Crippen molar-refractivity contribution in [2.75, 3.05) is 25.6 Å². The predicted molar refractivity (Wildman–Crippen MR) is 314 cm³/mol. The largest absolute Gasteiger partial charge is 0.481 e. The number of unbranched alkanes of at least 4 members (excludes halogenated alkanes) is 17. The van der Waals surface area contributed by atoms with Crippen LogP contribution < -0.4 is 11.4 Å². The van der Waals surface area contributed by atoms with Crippen LogP contribution in [0.1, 0.15) is 200 Å². The number of phosphoric acid groups is 2. The Balaban J connectivity index is 1.79. The number of nitrogen functional groups attached to an aromatic ring is 1. The number of anilines is 1. The Kier molecular flexibility index (Phi) is 40.3. The average Bonchev–Trinajstić information content (AvgIpc) is 3.89. The molecule has 462 valence electrons. The van der Waals surface area contributed by atoms with Gasteiger partial charge in [0.05, 0.1) is 25.4 Å². The van der Waals surface area contributed by atoms with E-state index in [9.17, 15) is 53.7 Å². The van der Waals surface area contributed by atoms with Crippen LogP contribution in [0.15, 0.2) is 90.0 Å². The highest BCUT2D eigenvalue weighted by Gasteiger charge is 2.46. The van der Waals surface area contributed by atoms with E-state index in [1.54, 1.807) is 42.5 Å². The van der Waals surface area contributed by atoms with Gasteiger partial charge in [-0.15, -0.1) is 0 Å². The summed E-state index contributed by atoms with van der Waals surface area (Å²) in [5.41, 5.74) is 4.58. The lowest BCUT2D eigenvalue weighted by Gasteiger charge is -2.21. The number of esters is 2. The fraction of sp³-hybridized carbons (Fsp3) is 0.695. The third kappa shape index (κ3) is 37.1. The number of ether oxygens (including phenoxy) is 3. The van der Waals surface area contributed by atoms with E-state index in [0.717, 1.165) is 48.8 Å². The molecule has 1 aliphatic heterocycles. The maximum Gasteiger partial charge on any atom is 0.481 e. The summed E-state index contributed by atoms with van der Waals surface area (Å²) in [6.07, 6.45) is 40.4. The number of carbonyl (C=O) groups is 2. The van der Waals surface area contributed by atoms with Crippen LogP contribution >= 0.6 is 15.6 Å². The van der Waals surface area contributed by atoms with Crippen LogP contribution in [0, 0.1) is 5.92 Å². The van der Waals surface area contributed by atoms with Crippen molar-refractivity contribution >= 4 is 33.4 Å². The van der Waals surface area contributed by atoms with Crippen molar-refractivity contribution in [3.8, 4) is 0 Å².